The molecule has 2 rings (SSSR count). The van der Waals surface area contributed by atoms with Gasteiger partial charge in [0, 0.05) is 31.6 Å². The quantitative estimate of drug-likeness (QED) is 0.709. The third-order valence-corrected chi connectivity index (χ3v) is 3.65. The van der Waals surface area contributed by atoms with Gasteiger partial charge in [0.2, 0.25) is 5.91 Å². The Hall–Kier alpha value is -0.610. The molecule has 2 unspecified atom stereocenters. The van der Waals surface area contributed by atoms with Crippen LogP contribution >= 0.6 is 0 Å². The second-order valence-corrected chi connectivity index (χ2v) is 4.95. The zero-order chi connectivity index (χ0) is 11.4. The first-order valence-corrected chi connectivity index (χ1v) is 6.53. The second-order valence-electron chi connectivity index (χ2n) is 4.95. The fourth-order valence-electron chi connectivity index (χ4n) is 2.68. The van der Waals surface area contributed by atoms with Crippen molar-refractivity contribution in [2.75, 3.05) is 26.2 Å². The van der Waals surface area contributed by atoms with Gasteiger partial charge in [-0.15, -0.1) is 0 Å². The highest BCUT2D eigenvalue weighted by Crippen LogP contribution is 2.11. The third-order valence-electron chi connectivity index (χ3n) is 3.65. The molecule has 0 bridgehead atoms. The number of likely N-dealkylation sites (N-methyl/N-ethyl adjacent to an activating group) is 1. The number of hydrogen-bond donors (Lipinski definition) is 2. The average Bonchev–Trinajstić information content (AvgIpc) is 2.89. The number of carbonyl (C=O) groups excluding carboxylic acids is 1. The number of amides is 1. The first-order valence-electron chi connectivity index (χ1n) is 6.53. The Morgan fingerprint density at radius 3 is 2.69 bits per heavy atom. The lowest BCUT2D eigenvalue weighted by Gasteiger charge is -2.26. The lowest BCUT2D eigenvalue weighted by Crippen LogP contribution is -2.44. The topological polar surface area (TPSA) is 44.4 Å². The first-order chi connectivity index (χ1) is 7.78. The number of nitrogens with zero attached hydrogens (tertiary/aromatic N) is 1. The van der Waals surface area contributed by atoms with E-state index in [9.17, 15) is 4.79 Å². The van der Waals surface area contributed by atoms with Gasteiger partial charge in [0.05, 0.1) is 0 Å². The normalized spacial score (nSPS) is 30.0. The summed E-state index contributed by atoms with van der Waals surface area (Å²) in [5.74, 6) is 0.222. The zero-order valence-corrected chi connectivity index (χ0v) is 10.2. The molecule has 2 aliphatic rings. The summed E-state index contributed by atoms with van der Waals surface area (Å²) in [5.41, 5.74) is 0. The van der Waals surface area contributed by atoms with Gasteiger partial charge in [0.1, 0.15) is 0 Å². The van der Waals surface area contributed by atoms with Crippen molar-refractivity contribution in [3.63, 3.8) is 0 Å². The Bertz CT molecular complexity index is 238. The molecule has 4 nitrogen and oxygen atoms in total. The van der Waals surface area contributed by atoms with Crippen LogP contribution in [-0.4, -0.2) is 49.1 Å². The van der Waals surface area contributed by atoms with E-state index in [0.29, 0.717) is 18.5 Å². The molecular formula is C12H23N3O. The molecule has 0 radical (unpaired) electrons. The van der Waals surface area contributed by atoms with Crippen LogP contribution in [-0.2, 0) is 4.79 Å². The Balaban J connectivity index is 1.73. The summed E-state index contributed by atoms with van der Waals surface area (Å²) in [6.07, 6.45) is 4.33. The molecule has 2 fully saturated rings. The largest absolute Gasteiger partial charge is 0.352 e. The molecular weight excluding hydrogens is 202 g/mol. The summed E-state index contributed by atoms with van der Waals surface area (Å²) in [5, 5.41) is 6.57. The number of nitrogens with one attached hydrogen (secondary N) is 2. The van der Waals surface area contributed by atoms with Crippen molar-refractivity contribution < 1.29 is 4.79 Å². The lowest BCUT2D eigenvalue weighted by atomic mass is 10.2. The third kappa shape index (κ3) is 3.19. The summed E-state index contributed by atoms with van der Waals surface area (Å²) in [6, 6.07) is 1.05. The molecule has 0 spiro atoms. The molecule has 2 N–H and O–H groups in total. The Labute approximate surface area is 97.8 Å². The van der Waals surface area contributed by atoms with Crippen molar-refractivity contribution in [1.29, 1.82) is 0 Å². The minimum atomic E-state index is 0.222. The van der Waals surface area contributed by atoms with Gasteiger partial charge in [0.25, 0.3) is 0 Å². The molecule has 0 saturated carbocycles. The molecule has 92 valence electrons. The van der Waals surface area contributed by atoms with Gasteiger partial charge in [0.15, 0.2) is 0 Å². The van der Waals surface area contributed by atoms with Crippen molar-refractivity contribution in [3.05, 3.63) is 0 Å². The fourth-order valence-corrected chi connectivity index (χ4v) is 2.68. The van der Waals surface area contributed by atoms with Gasteiger partial charge >= 0.3 is 0 Å². The van der Waals surface area contributed by atoms with Crippen molar-refractivity contribution in [1.82, 2.24) is 15.5 Å². The minimum Gasteiger partial charge on any atom is -0.352 e. The monoisotopic (exact) mass is 225 g/mol. The highest BCUT2D eigenvalue weighted by Gasteiger charge is 2.24. The average molecular weight is 225 g/mol. The number of hydrogen-bond acceptors (Lipinski definition) is 3. The molecule has 0 aromatic heterocycles. The molecule has 2 saturated heterocycles. The predicted octanol–water partition coefficient (Wildman–Crippen LogP) is 0.339. The van der Waals surface area contributed by atoms with Crippen LogP contribution in [0, 0.1) is 0 Å². The van der Waals surface area contributed by atoms with Crippen molar-refractivity contribution in [3.8, 4) is 0 Å². The van der Waals surface area contributed by atoms with Crippen LogP contribution in [0.25, 0.3) is 0 Å². The van der Waals surface area contributed by atoms with Gasteiger partial charge in [-0.05, 0) is 32.4 Å². The van der Waals surface area contributed by atoms with Crippen LogP contribution in [0.1, 0.15) is 32.6 Å². The van der Waals surface area contributed by atoms with Crippen LogP contribution in [0.3, 0.4) is 0 Å². The Morgan fingerprint density at radius 2 is 2.12 bits per heavy atom. The minimum absolute atomic E-state index is 0.222. The maximum atomic E-state index is 11.1. The van der Waals surface area contributed by atoms with Gasteiger partial charge in [-0.2, -0.15) is 0 Å². The van der Waals surface area contributed by atoms with Gasteiger partial charge in [-0.1, -0.05) is 6.92 Å². The molecule has 2 heterocycles. The maximum absolute atomic E-state index is 11.1. The van der Waals surface area contributed by atoms with Gasteiger partial charge in [-0.3, -0.25) is 4.79 Å². The summed E-state index contributed by atoms with van der Waals surface area (Å²) < 4.78 is 0. The van der Waals surface area contributed by atoms with Crippen molar-refractivity contribution >= 4 is 5.91 Å². The van der Waals surface area contributed by atoms with Crippen LogP contribution in [0.15, 0.2) is 0 Å². The molecule has 0 aromatic carbocycles. The molecule has 4 heteroatoms. The molecule has 2 aliphatic heterocycles. The standard InChI is InChI=1S/C12H23N3O/c1-2-15(8-10-4-3-7-13-10)9-11-5-6-12(16)14-11/h10-11,13H,2-9H2,1H3,(H,14,16). The van der Waals surface area contributed by atoms with Crippen molar-refractivity contribution in [2.24, 2.45) is 0 Å². The van der Waals surface area contributed by atoms with Gasteiger partial charge < -0.3 is 15.5 Å². The molecule has 1 amide bonds. The van der Waals surface area contributed by atoms with E-state index in [1.807, 2.05) is 0 Å². The van der Waals surface area contributed by atoms with Crippen LogP contribution in [0.5, 0.6) is 0 Å². The summed E-state index contributed by atoms with van der Waals surface area (Å²) in [6.45, 7) is 6.59. The van der Waals surface area contributed by atoms with E-state index in [-0.39, 0.29) is 5.91 Å². The molecule has 2 atom stereocenters. The lowest BCUT2D eigenvalue weighted by molar-refractivity contribution is -0.119. The van der Waals surface area contributed by atoms with E-state index in [2.05, 4.69) is 22.5 Å². The maximum Gasteiger partial charge on any atom is 0.220 e. The second kappa shape index (κ2) is 5.64. The SMILES string of the molecule is CCN(CC1CCCN1)CC1CCC(=O)N1. The number of rotatable bonds is 5. The van der Waals surface area contributed by atoms with E-state index in [4.69, 9.17) is 0 Å². The Morgan fingerprint density at radius 1 is 1.31 bits per heavy atom. The van der Waals surface area contributed by atoms with Crippen LogP contribution < -0.4 is 10.6 Å². The van der Waals surface area contributed by atoms with E-state index in [1.165, 1.54) is 19.4 Å². The summed E-state index contributed by atoms with van der Waals surface area (Å²) in [7, 11) is 0. The van der Waals surface area contributed by atoms with Crippen LogP contribution in [0.4, 0.5) is 0 Å². The summed E-state index contributed by atoms with van der Waals surface area (Å²) in [4.78, 5) is 13.6. The van der Waals surface area contributed by atoms with E-state index in [0.717, 1.165) is 26.1 Å². The molecule has 0 aliphatic carbocycles. The highest BCUT2D eigenvalue weighted by atomic mass is 16.1. The predicted molar refractivity (Wildman–Crippen MR) is 64.3 cm³/mol. The first kappa shape index (κ1) is 11.9. The number of carbonyl (C=O) groups is 1. The van der Waals surface area contributed by atoms with E-state index >= 15 is 0 Å². The highest BCUT2D eigenvalue weighted by molar-refractivity contribution is 5.78. The van der Waals surface area contributed by atoms with Crippen molar-refractivity contribution in [2.45, 2.75) is 44.7 Å². The van der Waals surface area contributed by atoms with E-state index < -0.39 is 0 Å². The van der Waals surface area contributed by atoms with Gasteiger partial charge in [-0.25, -0.2) is 0 Å². The fraction of sp³-hybridized carbons (Fsp3) is 0.917. The van der Waals surface area contributed by atoms with Crippen LogP contribution in [0.2, 0.25) is 0 Å². The smallest absolute Gasteiger partial charge is 0.220 e. The Kier molecular flexibility index (Phi) is 4.18. The van der Waals surface area contributed by atoms with E-state index in [1.54, 1.807) is 0 Å². The zero-order valence-electron chi connectivity index (χ0n) is 10.2. The molecule has 16 heavy (non-hydrogen) atoms. The summed E-state index contributed by atoms with van der Waals surface area (Å²) >= 11 is 0. The molecule has 0 aromatic rings.